The molecule has 0 aromatic heterocycles. The van der Waals surface area contributed by atoms with Crippen molar-refractivity contribution in [1.82, 2.24) is 9.80 Å². The van der Waals surface area contributed by atoms with Crippen molar-refractivity contribution in [1.29, 1.82) is 0 Å². The van der Waals surface area contributed by atoms with Gasteiger partial charge in [0.1, 0.15) is 0 Å². The minimum Gasteiger partial charge on any atom is -0.329 e. The van der Waals surface area contributed by atoms with E-state index in [1.807, 2.05) is 0 Å². The fourth-order valence-electron chi connectivity index (χ4n) is 1.89. The van der Waals surface area contributed by atoms with Gasteiger partial charge in [-0.3, -0.25) is 4.90 Å². The van der Waals surface area contributed by atoms with Crippen molar-refractivity contribution in [2.75, 3.05) is 40.8 Å². The van der Waals surface area contributed by atoms with Crippen LogP contribution in [0.2, 0.25) is 0 Å². The fraction of sp³-hybridized carbons (Fsp3) is 1.00. The molecule has 1 unspecified atom stereocenters. The SMILES string of the molecule is CC(C)CC(C)(CN)N(C)CCN(C)C. The maximum absolute atomic E-state index is 5.91. The molecule has 15 heavy (non-hydrogen) atoms. The average molecular weight is 215 g/mol. The first-order valence-corrected chi connectivity index (χ1v) is 5.88. The highest BCUT2D eigenvalue weighted by Gasteiger charge is 2.28. The summed E-state index contributed by atoms with van der Waals surface area (Å²) in [4.78, 5) is 4.61. The second-order valence-electron chi connectivity index (χ2n) is 5.52. The molecule has 92 valence electrons. The number of nitrogens with zero attached hydrogens (tertiary/aromatic N) is 2. The molecule has 1 atom stereocenters. The lowest BCUT2D eigenvalue weighted by Crippen LogP contribution is -2.52. The standard InChI is InChI=1S/C12H29N3/c1-11(2)9-12(3,10-13)15(6)8-7-14(4)5/h11H,7-10,13H2,1-6H3. The first-order valence-electron chi connectivity index (χ1n) is 5.88. The molecule has 0 aliphatic carbocycles. The van der Waals surface area contributed by atoms with Crippen LogP contribution in [0.4, 0.5) is 0 Å². The van der Waals surface area contributed by atoms with Crippen molar-refractivity contribution in [3.05, 3.63) is 0 Å². The van der Waals surface area contributed by atoms with Gasteiger partial charge in [0.05, 0.1) is 0 Å². The molecule has 0 fully saturated rings. The van der Waals surface area contributed by atoms with Crippen molar-refractivity contribution in [3.63, 3.8) is 0 Å². The quantitative estimate of drug-likeness (QED) is 0.693. The Morgan fingerprint density at radius 3 is 2.00 bits per heavy atom. The fourth-order valence-corrected chi connectivity index (χ4v) is 1.89. The first-order chi connectivity index (χ1) is 6.81. The van der Waals surface area contributed by atoms with Crippen molar-refractivity contribution in [3.8, 4) is 0 Å². The lowest BCUT2D eigenvalue weighted by Gasteiger charge is -2.40. The van der Waals surface area contributed by atoms with E-state index in [4.69, 9.17) is 5.73 Å². The Morgan fingerprint density at radius 2 is 1.67 bits per heavy atom. The molecule has 0 saturated carbocycles. The van der Waals surface area contributed by atoms with E-state index in [0.29, 0.717) is 5.92 Å². The third-order valence-corrected chi connectivity index (χ3v) is 3.09. The molecule has 0 saturated heterocycles. The molecule has 2 N–H and O–H groups in total. The molecule has 3 nitrogen and oxygen atoms in total. The number of likely N-dealkylation sites (N-methyl/N-ethyl adjacent to an activating group) is 2. The van der Waals surface area contributed by atoms with E-state index in [1.54, 1.807) is 0 Å². The van der Waals surface area contributed by atoms with E-state index in [9.17, 15) is 0 Å². The zero-order chi connectivity index (χ0) is 12.1. The van der Waals surface area contributed by atoms with Crippen LogP contribution >= 0.6 is 0 Å². The van der Waals surface area contributed by atoms with Gasteiger partial charge in [0.15, 0.2) is 0 Å². The van der Waals surface area contributed by atoms with Crippen LogP contribution in [0.1, 0.15) is 27.2 Å². The Morgan fingerprint density at radius 1 is 1.13 bits per heavy atom. The van der Waals surface area contributed by atoms with Crippen LogP contribution in [0.25, 0.3) is 0 Å². The van der Waals surface area contributed by atoms with Gasteiger partial charge < -0.3 is 10.6 Å². The highest BCUT2D eigenvalue weighted by Crippen LogP contribution is 2.21. The summed E-state index contributed by atoms with van der Waals surface area (Å²) in [6.07, 6.45) is 1.16. The summed E-state index contributed by atoms with van der Waals surface area (Å²) in [5.41, 5.74) is 6.05. The molecular formula is C12H29N3. The Hall–Kier alpha value is -0.120. The van der Waals surface area contributed by atoms with Gasteiger partial charge in [-0.1, -0.05) is 13.8 Å². The average Bonchev–Trinajstić information content (AvgIpc) is 2.12. The van der Waals surface area contributed by atoms with E-state index in [2.05, 4.69) is 51.7 Å². The molecule has 0 aromatic carbocycles. The molecule has 0 aromatic rings. The van der Waals surface area contributed by atoms with Gasteiger partial charge in [-0.05, 0) is 40.4 Å². The second-order valence-corrected chi connectivity index (χ2v) is 5.52. The molecule has 0 heterocycles. The van der Waals surface area contributed by atoms with E-state index in [0.717, 1.165) is 26.1 Å². The monoisotopic (exact) mass is 215 g/mol. The Labute approximate surface area is 95.6 Å². The molecular weight excluding hydrogens is 186 g/mol. The third-order valence-electron chi connectivity index (χ3n) is 3.09. The van der Waals surface area contributed by atoms with E-state index < -0.39 is 0 Å². The summed E-state index contributed by atoms with van der Waals surface area (Å²) in [5.74, 6) is 0.695. The van der Waals surface area contributed by atoms with Crippen LogP contribution in [0, 0.1) is 5.92 Å². The summed E-state index contributed by atoms with van der Waals surface area (Å²) >= 11 is 0. The van der Waals surface area contributed by atoms with Crippen LogP contribution in [0.15, 0.2) is 0 Å². The minimum absolute atomic E-state index is 0.143. The molecule has 0 bridgehead atoms. The van der Waals surface area contributed by atoms with Gasteiger partial charge in [-0.15, -0.1) is 0 Å². The molecule has 0 rings (SSSR count). The Bertz CT molecular complexity index is 168. The normalized spacial score (nSPS) is 16.4. The van der Waals surface area contributed by atoms with Gasteiger partial charge in [-0.2, -0.15) is 0 Å². The van der Waals surface area contributed by atoms with E-state index in [1.165, 1.54) is 0 Å². The second kappa shape index (κ2) is 6.46. The zero-order valence-corrected chi connectivity index (χ0v) is 11.4. The van der Waals surface area contributed by atoms with Crippen LogP contribution < -0.4 is 5.73 Å². The topological polar surface area (TPSA) is 32.5 Å². The van der Waals surface area contributed by atoms with Gasteiger partial charge in [0.2, 0.25) is 0 Å². The number of hydrogen-bond acceptors (Lipinski definition) is 3. The predicted octanol–water partition coefficient (Wildman–Crippen LogP) is 1.24. The smallest absolute Gasteiger partial charge is 0.0303 e. The molecule has 0 amide bonds. The van der Waals surface area contributed by atoms with Gasteiger partial charge in [-0.25, -0.2) is 0 Å². The first kappa shape index (κ1) is 14.9. The lowest BCUT2D eigenvalue weighted by molar-refractivity contribution is 0.110. The lowest BCUT2D eigenvalue weighted by atomic mass is 9.89. The molecule has 0 aliphatic rings. The van der Waals surface area contributed by atoms with Crippen LogP contribution in [0.5, 0.6) is 0 Å². The van der Waals surface area contributed by atoms with Gasteiger partial charge >= 0.3 is 0 Å². The highest BCUT2D eigenvalue weighted by atomic mass is 15.2. The largest absolute Gasteiger partial charge is 0.329 e. The maximum atomic E-state index is 5.91. The highest BCUT2D eigenvalue weighted by molar-refractivity contribution is 4.86. The van der Waals surface area contributed by atoms with E-state index >= 15 is 0 Å². The number of rotatable bonds is 7. The van der Waals surface area contributed by atoms with Crippen LogP contribution in [-0.4, -0.2) is 56.1 Å². The summed E-state index contributed by atoms with van der Waals surface area (Å²) in [7, 11) is 6.39. The van der Waals surface area contributed by atoms with Gasteiger partial charge in [0.25, 0.3) is 0 Å². The molecule has 0 spiro atoms. The van der Waals surface area contributed by atoms with Crippen LogP contribution in [0.3, 0.4) is 0 Å². The minimum atomic E-state index is 0.143. The summed E-state index contributed by atoms with van der Waals surface area (Å²) < 4.78 is 0. The predicted molar refractivity (Wildman–Crippen MR) is 68.1 cm³/mol. The van der Waals surface area contributed by atoms with Crippen molar-refractivity contribution >= 4 is 0 Å². The zero-order valence-electron chi connectivity index (χ0n) is 11.4. The molecule has 0 aliphatic heterocycles. The molecule has 3 heteroatoms. The molecule has 0 radical (unpaired) electrons. The van der Waals surface area contributed by atoms with Crippen LogP contribution in [-0.2, 0) is 0 Å². The Kier molecular flexibility index (Phi) is 6.41. The maximum Gasteiger partial charge on any atom is 0.0303 e. The van der Waals surface area contributed by atoms with E-state index in [-0.39, 0.29) is 5.54 Å². The summed E-state index contributed by atoms with van der Waals surface area (Å²) in [6, 6.07) is 0. The number of nitrogens with two attached hydrogens (primary N) is 1. The third kappa shape index (κ3) is 5.50. The van der Waals surface area contributed by atoms with Crippen molar-refractivity contribution in [2.24, 2.45) is 11.7 Å². The number of hydrogen-bond donors (Lipinski definition) is 1. The van der Waals surface area contributed by atoms with Gasteiger partial charge in [0, 0.05) is 25.2 Å². The summed E-state index contributed by atoms with van der Waals surface area (Å²) in [6.45, 7) is 9.68. The van der Waals surface area contributed by atoms with Crippen molar-refractivity contribution in [2.45, 2.75) is 32.7 Å². The summed E-state index contributed by atoms with van der Waals surface area (Å²) in [5, 5.41) is 0. The Balaban J connectivity index is 4.24. The van der Waals surface area contributed by atoms with Crippen molar-refractivity contribution < 1.29 is 0 Å².